The van der Waals surface area contributed by atoms with Gasteiger partial charge in [-0.05, 0) is 57.4 Å². The van der Waals surface area contributed by atoms with Crippen LogP contribution in [0.3, 0.4) is 0 Å². The van der Waals surface area contributed by atoms with Crippen LogP contribution >= 0.6 is 0 Å². The number of rotatable bonds is 7. The minimum absolute atomic E-state index is 0.0437. The first-order valence-electron chi connectivity index (χ1n) is 10.6. The maximum absolute atomic E-state index is 12.8. The number of ether oxygens (including phenoxy) is 1. The molecule has 0 amide bonds. The zero-order chi connectivity index (χ0) is 20.3. The molecule has 0 bridgehead atoms. The highest BCUT2D eigenvalue weighted by molar-refractivity contribution is 7.88. The first-order valence-corrected chi connectivity index (χ1v) is 12.5. The van der Waals surface area contributed by atoms with Gasteiger partial charge in [0.2, 0.25) is 10.0 Å². The molecule has 1 aliphatic carbocycles. The summed E-state index contributed by atoms with van der Waals surface area (Å²) in [5.41, 5.74) is 1.59. The lowest BCUT2D eigenvalue weighted by atomic mass is 9.84. The van der Waals surface area contributed by atoms with Crippen LogP contribution in [0.25, 0.3) is 0 Å². The van der Waals surface area contributed by atoms with Gasteiger partial charge in [0.05, 0.1) is 25.0 Å². The predicted octanol–water partition coefficient (Wildman–Crippen LogP) is 2.94. The van der Waals surface area contributed by atoms with E-state index in [1.54, 1.807) is 11.5 Å². The topological polar surface area (TPSA) is 77.4 Å². The number of hydrogen-bond donors (Lipinski definition) is 1. The van der Waals surface area contributed by atoms with Crippen molar-refractivity contribution in [3.8, 4) is 0 Å². The average Bonchev–Trinajstić information content (AvgIpc) is 2.64. The van der Waals surface area contributed by atoms with Gasteiger partial charge in [-0.2, -0.15) is 0 Å². The molecule has 1 N–H and O–H groups in total. The van der Waals surface area contributed by atoms with Gasteiger partial charge in [-0.15, -0.1) is 0 Å². The van der Waals surface area contributed by atoms with Crippen molar-refractivity contribution < 1.29 is 13.2 Å². The summed E-state index contributed by atoms with van der Waals surface area (Å²) in [6.07, 6.45) is 9.76. The molecule has 0 unspecified atom stereocenters. The fraction of sp³-hybridized carbons (Fsp3) is 0.762. The Morgan fingerprint density at radius 2 is 1.89 bits per heavy atom. The molecule has 0 aromatic carbocycles. The number of nitrogens with zero attached hydrogens (tertiary/aromatic N) is 1. The summed E-state index contributed by atoms with van der Waals surface area (Å²) < 4.78 is 34.5. The van der Waals surface area contributed by atoms with E-state index >= 15 is 0 Å². The Kier molecular flexibility index (Phi) is 6.99. The molecule has 1 aromatic rings. The van der Waals surface area contributed by atoms with E-state index in [9.17, 15) is 13.2 Å². The van der Waals surface area contributed by atoms with Crippen molar-refractivity contribution in [1.82, 2.24) is 9.29 Å². The third-order valence-electron chi connectivity index (χ3n) is 6.26. The average molecular weight is 411 g/mol. The van der Waals surface area contributed by atoms with E-state index < -0.39 is 10.0 Å². The second-order valence-electron chi connectivity index (χ2n) is 8.55. The molecule has 0 radical (unpaired) electrons. The highest BCUT2D eigenvalue weighted by Gasteiger charge is 2.33. The Morgan fingerprint density at radius 1 is 1.18 bits per heavy atom. The number of aromatic nitrogens is 1. The number of nitrogens with one attached hydrogen (secondary N) is 1. The van der Waals surface area contributed by atoms with Crippen LogP contribution in [0.15, 0.2) is 16.9 Å². The number of pyridine rings is 1. The summed E-state index contributed by atoms with van der Waals surface area (Å²) >= 11 is 0. The summed E-state index contributed by atoms with van der Waals surface area (Å²) in [6, 6.07) is 3.21. The molecule has 0 spiro atoms. The third-order valence-corrected chi connectivity index (χ3v) is 6.99. The molecular formula is C21H34N2O4S. The van der Waals surface area contributed by atoms with E-state index in [2.05, 4.69) is 11.6 Å². The molecule has 158 valence electrons. The van der Waals surface area contributed by atoms with Crippen LogP contribution in [0.4, 0.5) is 0 Å². The maximum Gasteiger partial charge on any atom is 0.254 e. The monoisotopic (exact) mass is 410 g/mol. The van der Waals surface area contributed by atoms with Gasteiger partial charge in [-0.1, -0.05) is 25.8 Å². The Balaban J connectivity index is 1.75. The lowest BCUT2D eigenvalue weighted by Crippen LogP contribution is -2.49. The van der Waals surface area contributed by atoms with Crippen LogP contribution in [0.1, 0.15) is 69.2 Å². The molecule has 1 aliphatic heterocycles. The second-order valence-corrected chi connectivity index (χ2v) is 10.3. The molecule has 28 heavy (non-hydrogen) atoms. The summed E-state index contributed by atoms with van der Waals surface area (Å²) in [5, 5.41) is 0. The van der Waals surface area contributed by atoms with E-state index in [-0.39, 0.29) is 23.7 Å². The first kappa shape index (κ1) is 21.5. The molecule has 2 atom stereocenters. The normalized spacial score (nSPS) is 28.1. The van der Waals surface area contributed by atoms with Gasteiger partial charge in [-0.25, -0.2) is 13.1 Å². The van der Waals surface area contributed by atoms with Crippen molar-refractivity contribution in [2.24, 2.45) is 5.92 Å². The van der Waals surface area contributed by atoms with E-state index in [4.69, 9.17) is 4.74 Å². The van der Waals surface area contributed by atoms with Crippen LogP contribution in [0, 0.1) is 12.8 Å². The van der Waals surface area contributed by atoms with Crippen molar-refractivity contribution >= 4 is 10.0 Å². The largest absolute Gasteiger partial charge is 0.376 e. The van der Waals surface area contributed by atoms with Crippen molar-refractivity contribution in [2.45, 2.75) is 83.4 Å². The summed E-state index contributed by atoms with van der Waals surface area (Å²) in [6.45, 7) is 4.40. The number of sulfonamides is 1. The van der Waals surface area contributed by atoms with Crippen LogP contribution in [0.5, 0.6) is 0 Å². The molecule has 2 heterocycles. The molecule has 3 rings (SSSR count). The Hall–Kier alpha value is -1.18. The number of aryl methyl sites for hydroxylation is 2. The van der Waals surface area contributed by atoms with Crippen LogP contribution in [0.2, 0.25) is 0 Å². The zero-order valence-corrected chi connectivity index (χ0v) is 18.1. The standard InChI is InChI=1S/C21H34N2O4S/c1-4-5-16-7-11-18(12-8-16)27-14-20-19(22-28(3,25)26)13-10-17-9-6-15(2)21(24)23(17)20/h6,9,16,18-20,22H,4-5,7-8,10-14H2,1-3H3/t16?,18?,19-,20-/m0/s1. The second kappa shape index (κ2) is 9.09. The van der Waals surface area contributed by atoms with Crippen molar-refractivity contribution in [2.75, 3.05) is 12.9 Å². The van der Waals surface area contributed by atoms with Crippen LogP contribution < -0.4 is 10.3 Å². The molecule has 6 nitrogen and oxygen atoms in total. The van der Waals surface area contributed by atoms with E-state index in [1.165, 1.54) is 31.9 Å². The lowest BCUT2D eigenvalue weighted by Gasteiger charge is -2.37. The third kappa shape index (κ3) is 5.24. The molecule has 1 fully saturated rings. The fourth-order valence-electron chi connectivity index (χ4n) is 4.77. The smallest absolute Gasteiger partial charge is 0.254 e. The van der Waals surface area contributed by atoms with Crippen molar-refractivity contribution in [3.05, 3.63) is 33.7 Å². The van der Waals surface area contributed by atoms with Gasteiger partial charge < -0.3 is 9.30 Å². The highest BCUT2D eigenvalue weighted by atomic mass is 32.2. The van der Waals surface area contributed by atoms with Crippen LogP contribution in [-0.4, -0.2) is 38.0 Å². The Labute approximate surface area is 168 Å². The first-order chi connectivity index (χ1) is 13.3. The van der Waals surface area contributed by atoms with Crippen molar-refractivity contribution in [3.63, 3.8) is 0 Å². The van der Waals surface area contributed by atoms with Crippen molar-refractivity contribution in [1.29, 1.82) is 0 Å². The summed E-state index contributed by atoms with van der Waals surface area (Å²) in [5.74, 6) is 0.810. The molecule has 1 aromatic heterocycles. The van der Waals surface area contributed by atoms with E-state index in [0.29, 0.717) is 25.0 Å². The molecule has 7 heteroatoms. The van der Waals surface area contributed by atoms with E-state index in [0.717, 1.165) is 24.5 Å². The summed E-state index contributed by atoms with van der Waals surface area (Å²) in [7, 11) is -3.36. The minimum Gasteiger partial charge on any atom is -0.376 e. The van der Waals surface area contributed by atoms with Gasteiger partial charge in [-0.3, -0.25) is 4.79 Å². The molecule has 0 saturated heterocycles. The van der Waals surface area contributed by atoms with E-state index in [1.807, 2.05) is 12.1 Å². The fourth-order valence-corrected chi connectivity index (χ4v) is 5.59. The predicted molar refractivity (Wildman–Crippen MR) is 111 cm³/mol. The van der Waals surface area contributed by atoms with Gasteiger partial charge in [0.25, 0.3) is 5.56 Å². The number of fused-ring (bicyclic) bond motifs is 1. The molecule has 2 aliphatic rings. The molecular weight excluding hydrogens is 376 g/mol. The Morgan fingerprint density at radius 3 is 2.54 bits per heavy atom. The van der Waals surface area contributed by atoms with Gasteiger partial charge in [0.15, 0.2) is 0 Å². The zero-order valence-electron chi connectivity index (χ0n) is 17.3. The summed E-state index contributed by atoms with van der Waals surface area (Å²) in [4.78, 5) is 12.8. The number of hydrogen-bond acceptors (Lipinski definition) is 4. The Bertz CT molecular complexity index is 825. The molecule has 1 saturated carbocycles. The van der Waals surface area contributed by atoms with Gasteiger partial charge in [0.1, 0.15) is 0 Å². The lowest BCUT2D eigenvalue weighted by molar-refractivity contribution is -0.00734. The maximum atomic E-state index is 12.8. The van der Waals surface area contributed by atoms with Crippen LogP contribution in [-0.2, 0) is 21.2 Å². The minimum atomic E-state index is -3.36. The SMILES string of the molecule is CCCC1CCC(OC[C@H]2[C@@H](NS(C)(=O)=O)CCc3ccc(C)c(=O)n32)CC1. The quantitative estimate of drug-likeness (QED) is 0.750. The van der Waals surface area contributed by atoms with Gasteiger partial charge >= 0.3 is 0 Å². The highest BCUT2D eigenvalue weighted by Crippen LogP contribution is 2.31. The van der Waals surface area contributed by atoms with Gasteiger partial charge in [0, 0.05) is 17.3 Å².